The van der Waals surface area contributed by atoms with Gasteiger partial charge < -0.3 is 10.6 Å². The van der Waals surface area contributed by atoms with Crippen LogP contribution in [0.1, 0.15) is 12.5 Å². The van der Waals surface area contributed by atoms with E-state index in [1.54, 1.807) is 20.2 Å². The number of aryl methyl sites for hydroxylation is 1. The number of pyridine rings is 1. The molecule has 0 saturated carbocycles. The predicted molar refractivity (Wildman–Crippen MR) is 56.1 cm³/mol. The van der Waals surface area contributed by atoms with Crippen molar-refractivity contribution in [2.45, 2.75) is 19.9 Å². The molecule has 1 atom stereocenters. The maximum atomic E-state index is 11.5. The van der Waals surface area contributed by atoms with E-state index in [0.29, 0.717) is 5.82 Å². The minimum atomic E-state index is -0.212. The van der Waals surface area contributed by atoms with Gasteiger partial charge in [-0.25, -0.2) is 4.98 Å². The van der Waals surface area contributed by atoms with Crippen LogP contribution in [0.5, 0.6) is 0 Å². The lowest BCUT2D eigenvalue weighted by molar-refractivity contribution is -0.117. The summed E-state index contributed by atoms with van der Waals surface area (Å²) in [5, 5.41) is 5.61. The standard InChI is InChI=1S/C10H15N3O/c1-7-5-4-6-12-9(7)13-10(14)8(2)11-3/h4-6,8,11H,1-3H3,(H,12,13,14). The molecule has 0 radical (unpaired) electrons. The molecule has 2 N–H and O–H groups in total. The fourth-order valence-electron chi connectivity index (χ4n) is 0.973. The van der Waals surface area contributed by atoms with Crippen LogP contribution in [0.3, 0.4) is 0 Å². The lowest BCUT2D eigenvalue weighted by Gasteiger charge is -2.11. The number of hydrogen-bond donors (Lipinski definition) is 2. The largest absolute Gasteiger partial charge is 0.309 e. The monoisotopic (exact) mass is 193 g/mol. The summed E-state index contributed by atoms with van der Waals surface area (Å²) >= 11 is 0. The number of rotatable bonds is 3. The van der Waals surface area contributed by atoms with Crippen molar-refractivity contribution in [1.29, 1.82) is 0 Å². The van der Waals surface area contributed by atoms with E-state index < -0.39 is 0 Å². The van der Waals surface area contributed by atoms with Crippen molar-refractivity contribution in [2.24, 2.45) is 0 Å². The summed E-state index contributed by atoms with van der Waals surface area (Å²) in [5.41, 5.74) is 0.962. The van der Waals surface area contributed by atoms with Crippen molar-refractivity contribution in [3.05, 3.63) is 23.9 Å². The van der Waals surface area contributed by atoms with Crippen molar-refractivity contribution in [3.8, 4) is 0 Å². The van der Waals surface area contributed by atoms with E-state index >= 15 is 0 Å². The highest BCUT2D eigenvalue weighted by Crippen LogP contribution is 2.08. The van der Waals surface area contributed by atoms with Crippen molar-refractivity contribution in [1.82, 2.24) is 10.3 Å². The molecular formula is C10H15N3O. The molecule has 0 fully saturated rings. The van der Waals surface area contributed by atoms with Crippen molar-refractivity contribution >= 4 is 11.7 Å². The predicted octanol–water partition coefficient (Wildman–Crippen LogP) is 0.936. The van der Waals surface area contributed by atoms with Crippen molar-refractivity contribution < 1.29 is 4.79 Å². The maximum absolute atomic E-state index is 11.5. The molecule has 4 nitrogen and oxygen atoms in total. The minimum Gasteiger partial charge on any atom is -0.309 e. The molecule has 0 aliphatic heterocycles. The Morgan fingerprint density at radius 3 is 2.86 bits per heavy atom. The average molecular weight is 193 g/mol. The lowest BCUT2D eigenvalue weighted by Crippen LogP contribution is -2.35. The van der Waals surface area contributed by atoms with E-state index in [4.69, 9.17) is 0 Å². The van der Waals surface area contributed by atoms with Crippen molar-refractivity contribution in [2.75, 3.05) is 12.4 Å². The van der Waals surface area contributed by atoms with Gasteiger partial charge in [-0.1, -0.05) is 6.07 Å². The summed E-state index contributed by atoms with van der Waals surface area (Å²) in [7, 11) is 1.75. The van der Waals surface area contributed by atoms with Gasteiger partial charge in [0.25, 0.3) is 0 Å². The Morgan fingerprint density at radius 2 is 2.29 bits per heavy atom. The third-order valence-electron chi connectivity index (χ3n) is 2.08. The number of aromatic nitrogens is 1. The lowest BCUT2D eigenvalue weighted by atomic mass is 10.2. The van der Waals surface area contributed by atoms with E-state index in [1.807, 2.05) is 19.1 Å². The molecule has 0 spiro atoms. The highest BCUT2D eigenvalue weighted by molar-refractivity contribution is 5.94. The van der Waals surface area contributed by atoms with Gasteiger partial charge in [0.05, 0.1) is 6.04 Å². The Kier molecular flexibility index (Phi) is 3.59. The number of anilines is 1. The first-order valence-corrected chi connectivity index (χ1v) is 4.55. The quantitative estimate of drug-likeness (QED) is 0.751. The Labute approximate surface area is 83.7 Å². The van der Waals surface area contributed by atoms with Crippen LogP contribution in [0.25, 0.3) is 0 Å². The first kappa shape index (κ1) is 10.7. The number of carbonyl (C=O) groups is 1. The van der Waals surface area contributed by atoms with Gasteiger partial charge in [0.15, 0.2) is 0 Å². The van der Waals surface area contributed by atoms with Crippen LogP contribution in [0.2, 0.25) is 0 Å². The molecule has 0 aromatic carbocycles. The van der Waals surface area contributed by atoms with Crippen molar-refractivity contribution in [3.63, 3.8) is 0 Å². The molecule has 1 amide bonds. The van der Waals surface area contributed by atoms with E-state index in [0.717, 1.165) is 5.56 Å². The maximum Gasteiger partial charge on any atom is 0.242 e. The molecule has 1 aromatic heterocycles. The summed E-state index contributed by atoms with van der Waals surface area (Å²) < 4.78 is 0. The second-order valence-corrected chi connectivity index (χ2v) is 3.17. The zero-order valence-corrected chi connectivity index (χ0v) is 8.66. The highest BCUT2D eigenvalue weighted by Gasteiger charge is 2.11. The van der Waals surface area contributed by atoms with Gasteiger partial charge in [0, 0.05) is 6.20 Å². The average Bonchev–Trinajstić information content (AvgIpc) is 2.20. The molecule has 1 rings (SSSR count). The van der Waals surface area contributed by atoms with E-state index in [-0.39, 0.29) is 11.9 Å². The Morgan fingerprint density at radius 1 is 1.57 bits per heavy atom. The van der Waals surface area contributed by atoms with E-state index in [2.05, 4.69) is 15.6 Å². The molecule has 0 aliphatic carbocycles. The summed E-state index contributed by atoms with van der Waals surface area (Å²) in [5.74, 6) is 0.550. The Bertz CT molecular complexity index is 325. The molecule has 0 saturated heterocycles. The van der Waals surface area contributed by atoms with E-state index in [9.17, 15) is 4.79 Å². The summed E-state index contributed by atoms with van der Waals surface area (Å²) in [6.45, 7) is 3.71. The van der Waals surface area contributed by atoms with Gasteiger partial charge in [-0.15, -0.1) is 0 Å². The number of amides is 1. The second kappa shape index (κ2) is 4.72. The number of nitrogens with zero attached hydrogens (tertiary/aromatic N) is 1. The fraction of sp³-hybridized carbons (Fsp3) is 0.400. The molecule has 1 aromatic rings. The van der Waals surface area contributed by atoms with Gasteiger partial charge in [-0.2, -0.15) is 0 Å². The smallest absolute Gasteiger partial charge is 0.242 e. The normalized spacial score (nSPS) is 12.2. The third-order valence-corrected chi connectivity index (χ3v) is 2.08. The topological polar surface area (TPSA) is 54.0 Å². The third kappa shape index (κ3) is 2.53. The zero-order chi connectivity index (χ0) is 10.6. The first-order valence-electron chi connectivity index (χ1n) is 4.55. The molecular weight excluding hydrogens is 178 g/mol. The SMILES string of the molecule is CNC(C)C(=O)Nc1ncccc1C. The number of carbonyl (C=O) groups excluding carboxylic acids is 1. The van der Waals surface area contributed by atoms with Crippen LogP contribution in [0.4, 0.5) is 5.82 Å². The van der Waals surface area contributed by atoms with Crippen LogP contribution in [-0.4, -0.2) is 24.0 Å². The first-order chi connectivity index (χ1) is 6.65. The summed E-state index contributed by atoms with van der Waals surface area (Å²) in [6.07, 6.45) is 1.66. The van der Waals surface area contributed by atoms with Gasteiger partial charge in [0.1, 0.15) is 5.82 Å². The molecule has 1 heterocycles. The van der Waals surface area contributed by atoms with Gasteiger partial charge >= 0.3 is 0 Å². The second-order valence-electron chi connectivity index (χ2n) is 3.17. The van der Waals surface area contributed by atoms with E-state index in [1.165, 1.54) is 0 Å². The highest BCUT2D eigenvalue weighted by atomic mass is 16.2. The van der Waals surface area contributed by atoms with Gasteiger partial charge in [0.2, 0.25) is 5.91 Å². The number of nitrogens with one attached hydrogen (secondary N) is 2. The molecule has 14 heavy (non-hydrogen) atoms. The fourth-order valence-corrected chi connectivity index (χ4v) is 0.973. The summed E-state index contributed by atoms with van der Waals surface area (Å²) in [6, 6.07) is 3.54. The Hall–Kier alpha value is -1.42. The zero-order valence-electron chi connectivity index (χ0n) is 8.66. The number of hydrogen-bond acceptors (Lipinski definition) is 3. The molecule has 76 valence electrons. The van der Waals surface area contributed by atoms with Gasteiger partial charge in [-0.3, -0.25) is 4.79 Å². The molecule has 0 aliphatic rings. The Balaban J connectivity index is 2.70. The van der Waals surface area contributed by atoms with Crippen LogP contribution in [0.15, 0.2) is 18.3 Å². The minimum absolute atomic E-state index is 0.0747. The molecule has 1 unspecified atom stereocenters. The van der Waals surface area contributed by atoms with Gasteiger partial charge in [-0.05, 0) is 32.5 Å². The summed E-state index contributed by atoms with van der Waals surface area (Å²) in [4.78, 5) is 15.6. The van der Waals surface area contributed by atoms with Crippen LogP contribution in [-0.2, 0) is 4.79 Å². The van der Waals surface area contributed by atoms with Crippen LogP contribution in [0, 0.1) is 6.92 Å². The molecule has 4 heteroatoms. The number of likely N-dealkylation sites (N-methyl/N-ethyl adjacent to an activating group) is 1. The molecule has 0 bridgehead atoms. The van der Waals surface area contributed by atoms with Crippen LogP contribution < -0.4 is 10.6 Å². The van der Waals surface area contributed by atoms with Crippen LogP contribution >= 0.6 is 0 Å².